The largest absolute Gasteiger partial charge is 0.368 e. The Hall–Kier alpha value is -0.650. The lowest BCUT2D eigenvalue weighted by Crippen LogP contribution is -2.50. The number of piperazine rings is 1. The van der Waals surface area contributed by atoms with Crippen molar-refractivity contribution in [2.75, 3.05) is 39.3 Å². The van der Waals surface area contributed by atoms with E-state index in [9.17, 15) is 4.79 Å². The number of hydrogen-bond acceptors (Lipinski definition) is 4. The molecule has 106 valence electrons. The van der Waals surface area contributed by atoms with Crippen molar-refractivity contribution in [3.63, 3.8) is 0 Å². The maximum absolute atomic E-state index is 11.1. The quantitative estimate of drug-likeness (QED) is 0.672. The molecule has 0 spiro atoms. The van der Waals surface area contributed by atoms with E-state index in [0.29, 0.717) is 6.42 Å². The summed E-state index contributed by atoms with van der Waals surface area (Å²) >= 11 is 0. The second-order valence-corrected chi connectivity index (χ2v) is 5.57. The van der Waals surface area contributed by atoms with Crippen LogP contribution in [-0.2, 0) is 4.79 Å². The Labute approximate surface area is 110 Å². The van der Waals surface area contributed by atoms with Gasteiger partial charge in [0.25, 0.3) is 0 Å². The Balaban J connectivity index is 2.16. The highest BCUT2D eigenvalue weighted by Crippen LogP contribution is 2.10. The third-order valence-electron chi connectivity index (χ3n) is 3.74. The van der Waals surface area contributed by atoms with Crippen molar-refractivity contribution in [1.82, 2.24) is 9.80 Å². The molecule has 0 bridgehead atoms. The van der Waals surface area contributed by atoms with Crippen molar-refractivity contribution in [1.29, 1.82) is 0 Å². The Morgan fingerprint density at radius 3 is 2.11 bits per heavy atom. The van der Waals surface area contributed by atoms with E-state index in [1.807, 2.05) is 0 Å². The van der Waals surface area contributed by atoms with Crippen LogP contribution in [-0.4, -0.2) is 60.5 Å². The lowest BCUT2D eigenvalue weighted by molar-refractivity contribution is -0.122. The van der Waals surface area contributed by atoms with Crippen LogP contribution in [0.4, 0.5) is 0 Å². The predicted molar refractivity (Wildman–Crippen MR) is 74.2 cm³/mol. The topological polar surface area (TPSA) is 75.6 Å². The van der Waals surface area contributed by atoms with Crippen LogP contribution in [0.1, 0.15) is 33.1 Å². The smallest absolute Gasteiger partial charge is 0.237 e. The first-order valence-electron chi connectivity index (χ1n) is 6.99. The summed E-state index contributed by atoms with van der Waals surface area (Å²) in [6, 6.07) is 0. The molecule has 1 fully saturated rings. The Bertz CT molecular complexity index is 260. The van der Waals surface area contributed by atoms with Crippen LogP contribution in [0, 0.1) is 0 Å². The van der Waals surface area contributed by atoms with E-state index in [4.69, 9.17) is 11.5 Å². The summed E-state index contributed by atoms with van der Waals surface area (Å²) < 4.78 is 0. The molecule has 1 atom stereocenters. The van der Waals surface area contributed by atoms with Crippen molar-refractivity contribution in [3.05, 3.63) is 0 Å². The fraction of sp³-hybridized carbons (Fsp3) is 0.923. The maximum Gasteiger partial charge on any atom is 0.237 e. The molecule has 1 aliphatic rings. The molecule has 1 rings (SSSR count). The minimum absolute atomic E-state index is 0.407. The van der Waals surface area contributed by atoms with Gasteiger partial charge in [0, 0.05) is 26.2 Å². The normalized spacial score (nSPS) is 21.7. The molecule has 0 aromatic rings. The standard InChI is InChI=1S/C13H28N4O/c1-3-6-16-8-10-17(11-9-16)7-4-5-13(2,15)12(14)18/h3-11,15H2,1-2H3,(H2,14,18). The van der Waals surface area contributed by atoms with Crippen molar-refractivity contribution >= 4 is 5.91 Å². The molecule has 5 heteroatoms. The first kappa shape index (κ1) is 15.4. The highest BCUT2D eigenvalue weighted by molar-refractivity contribution is 5.83. The van der Waals surface area contributed by atoms with Gasteiger partial charge in [0.1, 0.15) is 0 Å². The van der Waals surface area contributed by atoms with Gasteiger partial charge >= 0.3 is 0 Å². The molecule has 1 unspecified atom stereocenters. The predicted octanol–water partition coefficient (Wildman–Crippen LogP) is -0.00310. The van der Waals surface area contributed by atoms with Crippen molar-refractivity contribution in [3.8, 4) is 0 Å². The summed E-state index contributed by atoms with van der Waals surface area (Å²) in [5.74, 6) is -0.407. The van der Waals surface area contributed by atoms with E-state index >= 15 is 0 Å². The summed E-state index contributed by atoms with van der Waals surface area (Å²) in [7, 11) is 0. The first-order chi connectivity index (χ1) is 8.45. The van der Waals surface area contributed by atoms with Crippen LogP contribution in [0.3, 0.4) is 0 Å². The minimum atomic E-state index is -0.857. The minimum Gasteiger partial charge on any atom is -0.368 e. The average Bonchev–Trinajstić information content (AvgIpc) is 2.31. The summed E-state index contributed by atoms with van der Waals surface area (Å²) in [5.41, 5.74) is 10.2. The molecular weight excluding hydrogens is 228 g/mol. The fourth-order valence-corrected chi connectivity index (χ4v) is 2.35. The monoisotopic (exact) mass is 256 g/mol. The molecule has 18 heavy (non-hydrogen) atoms. The number of carbonyl (C=O) groups is 1. The molecule has 0 saturated carbocycles. The van der Waals surface area contributed by atoms with Gasteiger partial charge in [0.2, 0.25) is 5.91 Å². The van der Waals surface area contributed by atoms with Gasteiger partial charge in [0.15, 0.2) is 0 Å². The van der Waals surface area contributed by atoms with Crippen molar-refractivity contribution in [2.24, 2.45) is 11.5 Å². The van der Waals surface area contributed by atoms with Gasteiger partial charge in [0.05, 0.1) is 5.54 Å². The Morgan fingerprint density at radius 1 is 1.17 bits per heavy atom. The zero-order valence-electron chi connectivity index (χ0n) is 11.8. The van der Waals surface area contributed by atoms with Gasteiger partial charge < -0.3 is 21.3 Å². The fourth-order valence-electron chi connectivity index (χ4n) is 2.35. The SMILES string of the molecule is CCCN1CCN(CCCC(C)(N)C(N)=O)CC1. The van der Waals surface area contributed by atoms with Gasteiger partial charge in [-0.1, -0.05) is 6.92 Å². The number of nitrogens with two attached hydrogens (primary N) is 2. The molecule has 1 heterocycles. The summed E-state index contributed by atoms with van der Waals surface area (Å²) in [6.45, 7) is 10.7. The van der Waals surface area contributed by atoms with E-state index in [2.05, 4.69) is 16.7 Å². The van der Waals surface area contributed by atoms with Crippen LogP contribution in [0.15, 0.2) is 0 Å². The zero-order chi connectivity index (χ0) is 13.6. The number of carbonyl (C=O) groups excluding carboxylic acids is 1. The van der Waals surface area contributed by atoms with Gasteiger partial charge in [-0.3, -0.25) is 4.79 Å². The van der Waals surface area contributed by atoms with Crippen molar-refractivity contribution < 1.29 is 4.79 Å². The van der Waals surface area contributed by atoms with E-state index in [-0.39, 0.29) is 0 Å². The third kappa shape index (κ3) is 4.92. The van der Waals surface area contributed by atoms with Gasteiger partial charge in [-0.25, -0.2) is 0 Å². The summed E-state index contributed by atoms with van der Waals surface area (Å²) in [6.07, 6.45) is 2.82. The van der Waals surface area contributed by atoms with E-state index in [0.717, 1.165) is 39.1 Å². The van der Waals surface area contributed by atoms with E-state index in [1.54, 1.807) is 6.92 Å². The molecule has 1 saturated heterocycles. The number of hydrogen-bond donors (Lipinski definition) is 2. The number of amides is 1. The van der Waals surface area contributed by atoms with Crippen LogP contribution < -0.4 is 11.5 Å². The highest BCUT2D eigenvalue weighted by atomic mass is 16.1. The number of primary amides is 1. The van der Waals surface area contributed by atoms with Crippen molar-refractivity contribution in [2.45, 2.75) is 38.6 Å². The lowest BCUT2D eigenvalue weighted by Gasteiger charge is -2.35. The molecule has 4 N–H and O–H groups in total. The van der Waals surface area contributed by atoms with E-state index in [1.165, 1.54) is 13.0 Å². The molecule has 0 aromatic carbocycles. The summed E-state index contributed by atoms with van der Waals surface area (Å²) in [4.78, 5) is 16.0. The van der Waals surface area contributed by atoms with Gasteiger partial charge in [-0.2, -0.15) is 0 Å². The van der Waals surface area contributed by atoms with Gasteiger partial charge in [-0.05, 0) is 39.3 Å². The molecular formula is C13H28N4O. The average molecular weight is 256 g/mol. The molecule has 0 radical (unpaired) electrons. The summed E-state index contributed by atoms with van der Waals surface area (Å²) in [5, 5.41) is 0. The molecule has 5 nitrogen and oxygen atoms in total. The Morgan fingerprint density at radius 2 is 1.67 bits per heavy atom. The van der Waals surface area contributed by atoms with Crippen LogP contribution in [0.2, 0.25) is 0 Å². The number of rotatable bonds is 7. The van der Waals surface area contributed by atoms with Gasteiger partial charge in [-0.15, -0.1) is 0 Å². The lowest BCUT2D eigenvalue weighted by atomic mass is 9.96. The molecule has 0 aromatic heterocycles. The van der Waals surface area contributed by atoms with Crippen LogP contribution >= 0.6 is 0 Å². The Kier molecular flexibility index (Phi) is 6.05. The molecule has 1 amide bonds. The maximum atomic E-state index is 11.1. The van der Waals surface area contributed by atoms with E-state index < -0.39 is 11.4 Å². The second kappa shape index (κ2) is 7.07. The highest BCUT2D eigenvalue weighted by Gasteiger charge is 2.25. The van der Waals surface area contributed by atoms with Crippen LogP contribution in [0.5, 0.6) is 0 Å². The zero-order valence-corrected chi connectivity index (χ0v) is 11.8. The second-order valence-electron chi connectivity index (χ2n) is 5.57. The molecule has 0 aliphatic carbocycles. The molecule has 1 aliphatic heterocycles. The number of nitrogens with zero attached hydrogens (tertiary/aromatic N) is 2. The third-order valence-corrected chi connectivity index (χ3v) is 3.74. The van der Waals surface area contributed by atoms with Crippen LogP contribution in [0.25, 0.3) is 0 Å². The first-order valence-corrected chi connectivity index (χ1v) is 6.99.